The lowest BCUT2D eigenvalue weighted by Crippen LogP contribution is -2.27. The van der Waals surface area contributed by atoms with Gasteiger partial charge in [-0.3, -0.25) is 4.79 Å². The van der Waals surface area contributed by atoms with Gasteiger partial charge in [-0.25, -0.2) is 4.98 Å². The number of methoxy groups -OCH3 is 1. The Morgan fingerprint density at radius 3 is 2.77 bits per heavy atom. The van der Waals surface area contributed by atoms with Crippen LogP contribution in [-0.4, -0.2) is 24.6 Å². The molecule has 1 aromatic heterocycles. The van der Waals surface area contributed by atoms with Gasteiger partial charge in [0.05, 0.1) is 19.8 Å². The highest BCUT2D eigenvalue weighted by Crippen LogP contribution is 2.25. The number of rotatable bonds is 6. The summed E-state index contributed by atoms with van der Waals surface area (Å²) < 4.78 is 10.7. The molecule has 5 heteroatoms. The normalized spacial score (nSPS) is 11.6. The maximum absolute atomic E-state index is 12.5. The van der Waals surface area contributed by atoms with Crippen LogP contribution in [0, 0.1) is 0 Å². The maximum atomic E-state index is 12.5. The largest absolute Gasteiger partial charge is 0.496 e. The molecule has 0 saturated heterocycles. The first-order chi connectivity index (χ1) is 10.7. The molecule has 1 atom stereocenters. The number of aromatic nitrogens is 1. The number of nitrogens with zero attached hydrogens (tertiary/aromatic N) is 1. The summed E-state index contributed by atoms with van der Waals surface area (Å²) in [7, 11) is 1.61. The molecule has 1 heterocycles. The standard InChI is InChI=1S/C17H20N2O3/c1-4-22-17-14(9-7-11-18-17)16(20)19-12(2)13-8-5-6-10-15(13)21-3/h5-12H,4H2,1-3H3,(H,19,20). The summed E-state index contributed by atoms with van der Waals surface area (Å²) in [5, 5.41) is 2.95. The van der Waals surface area contributed by atoms with E-state index in [1.165, 1.54) is 0 Å². The fourth-order valence-electron chi connectivity index (χ4n) is 2.19. The van der Waals surface area contributed by atoms with Gasteiger partial charge in [0, 0.05) is 11.8 Å². The first-order valence-corrected chi connectivity index (χ1v) is 7.19. The van der Waals surface area contributed by atoms with E-state index in [0.717, 1.165) is 11.3 Å². The molecule has 0 spiro atoms. The van der Waals surface area contributed by atoms with Crippen molar-refractivity contribution < 1.29 is 14.3 Å². The Balaban J connectivity index is 2.18. The molecule has 0 aliphatic heterocycles. The zero-order chi connectivity index (χ0) is 15.9. The van der Waals surface area contributed by atoms with Gasteiger partial charge in [-0.15, -0.1) is 0 Å². The second-order valence-corrected chi connectivity index (χ2v) is 4.73. The second-order valence-electron chi connectivity index (χ2n) is 4.73. The molecule has 0 bridgehead atoms. The first kappa shape index (κ1) is 15.8. The van der Waals surface area contributed by atoms with Crippen molar-refractivity contribution in [2.45, 2.75) is 19.9 Å². The molecule has 0 aliphatic rings. The minimum absolute atomic E-state index is 0.196. The fourth-order valence-corrected chi connectivity index (χ4v) is 2.19. The van der Waals surface area contributed by atoms with Crippen molar-refractivity contribution >= 4 is 5.91 Å². The number of hydrogen-bond donors (Lipinski definition) is 1. The molecular weight excluding hydrogens is 280 g/mol. The van der Waals surface area contributed by atoms with Crippen molar-refractivity contribution in [2.24, 2.45) is 0 Å². The average molecular weight is 300 g/mol. The van der Waals surface area contributed by atoms with Crippen LogP contribution in [0.4, 0.5) is 0 Å². The zero-order valence-electron chi connectivity index (χ0n) is 13.0. The topological polar surface area (TPSA) is 60.5 Å². The molecular formula is C17H20N2O3. The van der Waals surface area contributed by atoms with E-state index in [4.69, 9.17) is 9.47 Å². The minimum atomic E-state index is -0.227. The van der Waals surface area contributed by atoms with E-state index in [2.05, 4.69) is 10.3 Å². The summed E-state index contributed by atoms with van der Waals surface area (Å²) in [6.45, 7) is 4.22. The van der Waals surface area contributed by atoms with E-state index >= 15 is 0 Å². The van der Waals surface area contributed by atoms with Crippen LogP contribution in [-0.2, 0) is 0 Å². The van der Waals surface area contributed by atoms with E-state index in [-0.39, 0.29) is 11.9 Å². The third-order valence-corrected chi connectivity index (χ3v) is 3.25. The van der Waals surface area contributed by atoms with Crippen LogP contribution in [0.2, 0.25) is 0 Å². The number of amides is 1. The van der Waals surface area contributed by atoms with Crippen LogP contribution >= 0.6 is 0 Å². The van der Waals surface area contributed by atoms with Crippen LogP contribution in [0.25, 0.3) is 0 Å². The SMILES string of the molecule is CCOc1ncccc1C(=O)NC(C)c1ccccc1OC. The summed E-state index contributed by atoms with van der Waals surface area (Å²) in [4.78, 5) is 16.5. The highest BCUT2D eigenvalue weighted by molar-refractivity contribution is 5.96. The molecule has 0 fully saturated rings. The Bertz CT molecular complexity index is 643. The number of para-hydroxylation sites is 1. The van der Waals surface area contributed by atoms with Crippen LogP contribution in [0.1, 0.15) is 35.8 Å². The molecule has 1 N–H and O–H groups in total. The van der Waals surface area contributed by atoms with Gasteiger partial charge in [-0.05, 0) is 32.0 Å². The lowest BCUT2D eigenvalue weighted by molar-refractivity contribution is 0.0935. The second kappa shape index (κ2) is 7.45. The van der Waals surface area contributed by atoms with Crippen molar-refractivity contribution in [3.63, 3.8) is 0 Å². The Morgan fingerprint density at radius 1 is 1.27 bits per heavy atom. The van der Waals surface area contributed by atoms with Crippen molar-refractivity contribution in [1.82, 2.24) is 10.3 Å². The fraction of sp³-hybridized carbons (Fsp3) is 0.294. The predicted octanol–water partition coefficient (Wildman–Crippen LogP) is 2.98. The van der Waals surface area contributed by atoms with Gasteiger partial charge in [-0.1, -0.05) is 18.2 Å². The third kappa shape index (κ3) is 3.55. The third-order valence-electron chi connectivity index (χ3n) is 3.25. The van der Waals surface area contributed by atoms with Gasteiger partial charge in [0.2, 0.25) is 5.88 Å². The summed E-state index contributed by atoms with van der Waals surface area (Å²) in [6.07, 6.45) is 1.60. The van der Waals surface area contributed by atoms with Gasteiger partial charge in [-0.2, -0.15) is 0 Å². The molecule has 1 aromatic carbocycles. The Hall–Kier alpha value is -2.56. The van der Waals surface area contributed by atoms with Gasteiger partial charge in [0.15, 0.2) is 0 Å². The van der Waals surface area contributed by atoms with E-state index in [1.807, 2.05) is 38.1 Å². The van der Waals surface area contributed by atoms with Crippen molar-refractivity contribution in [3.05, 3.63) is 53.7 Å². The van der Waals surface area contributed by atoms with Crippen molar-refractivity contribution in [2.75, 3.05) is 13.7 Å². The van der Waals surface area contributed by atoms with E-state index in [9.17, 15) is 4.79 Å². The number of hydrogen-bond acceptors (Lipinski definition) is 4. The van der Waals surface area contributed by atoms with Crippen LogP contribution in [0.3, 0.4) is 0 Å². The lowest BCUT2D eigenvalue weighted by atomic mass is 10.1. The van der Waals surface area contributed by atoms with Gasteiger partial charge in [0.25, 0.3) is 5.91 Å². The summed E-state index contributed by atoms with van der Waals surface area (Å²) in [6, 6.07) is 10.8. The van der Waals surface area contributed by atoms with E-state index in [0.29, 0.717) is 18.1 Å². The van der Waals surface area contributed by atoms with Gasteiger partial charge < -0.3 is 14.8 Å². The molecule has 0 saturated carbocycles. The molecule has 22 heavy (non-hydrogen) atoms. The van der Waals surface area contributed by atoms with E-state index < -0.39 is 0 Å². The molecule has 1 unspecified atom stereocenters. The Morgan fingerprint density at radius 2 is 2.05 bits per heavy atom. The summed E-state index contributed by atoms with van der Waals surface area (Å²) in [5.74, 6) is 0.858. The maximum Gasteiger partial charge on any atom is 0.257 e. The predicted molar refractivity (Wildman–Crippen MR) is 84.3 cm³/mol. The average Bonchev–Trinajstić information content (AvgIpc) is 2.55. The molecule has 1 amide bonds. The quantitative estimate of drug-likeness (QED) is 0.891. The molecule has 116 valence electrons. The van der Waals surface area contributed by atoms with Crippen LogP contribution in [0.5, 0.6) is 11.6 Å². The molecule has 0 radical (unpaired) electrons. The Labute approximate surface area is 130 Å². The van der Waals surface area contributed by atoms with Crippen molar-refractivity contribution in [3.8, 4) is 11.6 Å². The van der Waals surface area contributed by atoms with Gasteiger partial charge >= 0.3 is 0 Å². The zero-order valence-corrected chi connectivity index (χ0v) is 13.0. The van der Waals surface area contributed by atoms with E-state index in [1.54, 1.807) is 25.4 Å². The Kier molecular flexibility index (Phi) is 5.36. The number of nitrogens with one attached hydrogen (secondary N) is 1. The minimum Gasteiger partial charge on any atom is -0.496 e. The molecule has 5 nitrogen and oxygen atoms in total. The number of ether oxygens (including phenoxy) is 2. The number of carbonyl (C=O) groups is 1. The smallest absolute Gasteiger partial charge is 0.257 e. The summed E-state index contributed by atoms with van der Waals surface area (Å²) >= 11 is 0. The van der Waals surface area contributed by atoms with Crippen molar-refractivity contribution in [1.29, 1.82) is 0 Å². The van der Waals surface area contributed by atoms with Gasteiger partial charge in [0.1, 0.15) is 11.3 Å². The number of pyridine rings is 1. The molecule has 0 aliphatic carbocycles. The van der Waals surface area contributed by atoms with Crippen LogP contribution in [0.15, 0.2) is 42.6 Å². The number of benzene rings is 1. The highest BCUT2D eigenvalue weighted by atomic mass is 16.5. The first-order valence-electron chi connectivity index (χ1n) is 7.19. The monoisotopic (exact) mass is 300 g/mol. The summed E-state index contributed by atoms with van der Waals surface area (Å²) in [5.41, 5.74) is 1.34. The lowest BCUT2D eigenvalue weighted by Gasteiger charge is -2.18. The molecule has 2 aromatic rings. The van der Waals surface area contributed by atoms with Crippen LogP contribution < -0.4 is 14.8 Å². The molecule has 2 rings (SSSR count). The number of carbonyl (C=O) groups excluding carboxylic acids is 1. The highest BCUT2D eigenvalue weighted by Gasteiger charge is 2.18.